The molecule has 28 heavy (non-hydrogen) atoms. The van der Waals surface area contributed by atoms with Crippen LogP contribution in [0, 0.1) is 0 Å². The topological polar surface area (TPSA) is 73.9 Å². The molecule has 2 atom stereocenters. The average molecular weight is 418 g/mol. The highest BCUT2D eigenvalue weighted by Gasteiger charge is 2.38. The second-order valence-corrected chi connectivity index (χ2v) is 9.85. The maximum Gasteiger partial charge on any atom is 0.408 e. The Kier molecular flexibility index (Phi) is 13.6. The molecule has 0 aromatic heterocycles. The second-order valence-electron chi connectivity index (χ2n) is 7.53. The monoisotopic (exact) mass is 417 g/mol. The van der Waals surface area contributed by atoms with Crippen LogP contribution in [0.5, 0.6) is 0 Å². The molecule has 0 aromatic rings. The van der Waals surface area contributed by atoms with Crippen molar-refractivity contribution < 1.29 is 23.1 Å². The number of alkyl carbamates (subject to hydrolysis) is 1. The van der Waals surface area contributed by atoms with Crippen molar-refractivity contribution >= 4 is 13.7 Å². The summed E-state index contributed by atoms with van der Waals surface area (Å²) in [4.78, 5) is 11.5. The summed E-state index contributed by atoms with van der Waals surface area (Å²) >= 11 is 0. The lowest BCUT2D eigenvalue weighted by atomic mass is 10.0. The fraction of sp³-hybridized carbons (Fsp3) is 0.857. The van der Waals surface area contributed by atoms with Crippen LogP contribution in [0.1, 0.15) is 84.0 Å². The van der Waals surface area contributed by atoms with Crippen molar-refractivity contribution in [3.63, 3.8) is 0 Å². The molecule has 1 N–H and O–H groups in total. The number of cyclic esters (lactones) is 1. The van der Waals surface area contributed by atoms with E-state index in [4.69, 9.17) is 13.8 Å². The smallest absolute Gasteiger partial charge is 0.408 e. The van der Waals surface area contributed by atoms with Crippen molar-refractivity contribution in [3.05, 3.63) is 12.2 Å². The van der Waals surface area contributed by atoms with Crippen LogP contribution < -0.4 is 5.32 Å². The van der Waals surface area contributed by atoms with Gasteiger partial charge in [0.25, 0.3) is 0 Å². The Bertz CT molecular complexity index is 489. The molecule has 164 valence electrons. The number of carbonyl (C=O) groups excluding carboxylic acids is 1. The summed E-state index contributed by atoms with van der Waals surface area (Å²) in [6.07, 6.45) is 18.6. The highest BCUT2D eigenvalue weighted by atomic mass is 31.2. The van der Waals surface area contributed by atoms with Crippen LogP contribution in [0.15, 0.2) is 12.2 Å². The predicted molar refractivity (Wildman–Crippen MR) is 114 cm³/mol. The van der Waals surface area contributed by atoms with Gasteiger partial charge in [0.05, 0.1) is 12.2 Å². The summed E-state index contributed by atoms with van der Waals surface area (Å²) in [5, 5.41) is 2.68. The van der Waals surface area contributed by atoms with E-state index in [9.17, 15) is 9.36 Å². The molecule has 0 spiro atoms. The fourth-order valence-corrected chi connectivity index (χ4v) is 4.65. The molecular formula is C21H40NO5P. The maximum absolute atomic E-state index is 12.3. The molecule has 0 aromatic carbocycles. The van der Waals surface area contributed by atoms with Crippen LogP contribution in [0.3, 0.4) is 0 Å². The van der Waals surface area contributed by atoms with Crippen molar-refractivity contribution in [1.82, 2.24) is 5.32 Å². The third-order valence-electron chi connectivity index (χ3n) is 5.22. The minimum Gasteiger partial charge on any atom is -0.440 e. The minimum absolute atomic E-state index is 0.0964. The maximum atomic E-state index is 12.3. The summed E-state index contributed by atoms with van der Waals surface area (Å²) in [7, 11) is -0.502. The SMILES string of the molecule is CCCCCCCCCCCCC/C=C/[C@@H]1OC(=O)N[C@H]1CP(=O)(OC)OC. The van der Waals surface area contributed by atoms with E-state index in [-0.39, 0.29) is 6.16 Å². The zero-order valence-electron chi connectivity index (χ0n) is 18.0. The van der Waals surface area contributed by atoms with Gasteiger partial charge in [-0.05, 0) is 18.9 Å². The van der Waals surface area contributed by atoms with E-state index >= 15 is 0 Å². The van der Waals surface area contributed by atoms with E-state index in [0.29, 0.717) is 0 Å². The Balaban J connectivity index is 2.12. The quantitative estimate of drug-likeness (QED) is 0.173. The third kappa shape index (κ3) is 10.6. The van der Waals surface area contributed by atoms with E-state index < -0.39 is 25.8 Å². The average Bonchev–Trinajstić information content (AvgIpc) is 3.04. The Morgan fingerprint density at radius 3 is 2.04 bits per heavy atom. The highest BCUT2D eigenvalue weighted by molar-refractivity contribution is 7.53. The highest BCUT2D eigenvalue weighted by Crippen LogP contribution is 2.47. The molecular weight excluding hydrogens is 377 g/mol. The Morgan fingerprint density at radius 1 is 0.964 bits per heavy atom. The first-order valence-electron chi connectivity index (χ1n) is 10.9. The molecule has 6 nitrogen and oxygen atoms in total. The van der Waals surface area contributed by atoms with E-state index in [1.807, 2.05) is 6.08 Å². The van der Waals surface area contributed by atoms with Gasteiger partial charge in [-0.2, -0.15) is 0 Å². The molecule has 1 aliphatic rings. The third-order valence-corrected chi connectivity index (χ3v) is 7.17. The molecule has 0 radical (unpaired) electrons. The lowest BCUT2D eigenvalue weighted by Gasteiger charge is -2.19. The van der Waals surface area contributed by atoms with Gasteiger partial charge < -0.3 is 19.1 Å². The van der Waals surface area contributed by atoms with Crippen molar-refractivity contribution in [2.75, 3.05) is 20.4 Å². The number of rotatable bonds is 17. The van der Waals surface area contributed by atoms with E-state index in [1.165, 1.54) is 78.4 Å². The summed E-state index contributed by atoms with van der Waals surface area (Å²) in [6.45, 7) is 2.26. The molecule has 7 heteroatoms. The van der Waals surface area contributed by atoms with Gasteiger partial charge in [0.15, 0.2) is 0 Å². The van der Waals surface area contributed by atoms with Gasteiger partial charge in [0, 0.05) is 14.2 Å². The second kappa shape index (κ2) is 15.1. The van der Waals surface area contributed by atoms with E-state index in [0.717, 1.165) is 12.8 Å². The molecule has 1 fully saturated rings. The molecule has 1 saturated heterocycles. The van der Waals surface area contributed by atoms with Gasteiger partial charge in [0.1, 0.15) is 6.10 Å². The first-order chi connectivity index (χ1) is 13.5. The zero-order chi connectivity index (χ0) is 20.7. The number of nitrogens with one attached hydrogen (secondary N) is 1. The number of hydrogen-bond acceptors (Lipinski definition) is 5. The van der Waals surface area contributed by atoms with Crippen LogP contribution in [-0.2, 0) is 18.3 Å². The normalized spacial score (nSPS) is 19.9. The van der Waals surface area contributed by atoms with Gasteiger partial charge >= 0.3 is 13.7 Å². The van der Waals surface area contributed by atoms with Crippen LogP contribution in [-0.4, -0.2) is 38.6 Å². The Morgan fingerprint density at radius 2 is 1.50 bits per heavy atom. The van der Waals surface area contributed by atoms with Gasteiger partial charge in [-0.1, -0.05) is 77.2 Å². The number of allylic oxidation sites excluding steroid dienone is 1. The molecule has 0 saturated carbocycles. The van der Waals surface area contributed by atoms with Gasteiger partial charge in [0.2, 0.25) is 0 Å². The van der Waals surface area contributed by atoms with Crippen molar-refractivity contribution in [3.8, 4) is 0 Å². The van der Waals surface area contributed by atoms with Crippen LogP contribution >= 0.6 is 7.60 Å². The molecule has 1 rings (SSSR count). The van der Waals surface area contributed by atoms with Crippen LogP contribution in [0.25, 0.3) is 0 Å². The molecule has 1 heterocycles. The minimum atomic E-state index is -3.19. The Hall–Kier alpha value is -0.840. The Labute approximate surface area is 171 Å². The van der Waals surface area contributed by atoms with Crippen LogP contribution in [0.2, 0.25) is 0 Å². The predicted octanol–water partition coefficient (Wildman–Crippen LogP) is 6.21. The number of unbranched alkanes of at least 4 members (excludes halogenated alkanes) is 11. The molecule has 1 amide bonds. The van der Waals surface area contributed by atoms with Gasteiger partial charge in [-0.25, -0.2) is 4.79 Å². The lowest BCUT2D eigenvalue weighted by molar-refractivity contribution is 0.153. The van der Waals surface area contributed by atoms with E-state index in [1.54, 1.807) is 0 Å². The largest absolute Gasteiger partial charge is 0.440 e. The summed E-state index contributed by atoms with van der Waals surface area (Å²) in [5.41, 5.74) is 0. The van der Waals surface area contributed by atoms with Crippen molar-refractivity contribution in [2.24, 2.45) is 0 Å². The molecule has 0 aliphatic carbocycles. The van der Waals surface area contributed by atoms with Crippen molar-refractivity contribution in [2.45, 2.75) is 96.1 Å². The lowest BCUT2D eigenvalue weighted by Crippen LogP contribution is -2.34. The number of carbonyl (C=O) groups is 1. The fourth-order valence-electron chi connectivity index (χ4n) is 3.42. The summed E-state index contributed by atoms with van der Waals surface area (Å²) in [5.74, 6) is 0. The van der Waals surface area contributed by atoms with Gasteiger partial charge in [-0.15, -0.1) is 0 Å². The number of amides is 1. The summed E-state index contributed by atoms with van der Waals surface area (Å²) < 4.78 is 27.4. The van der Waals surface area contributed by atoms with Gasteiger partial charge in [-0.3, -0.25) is 4.57 Å². The van der Waals surface area contributed by atoms with E-state index in [2.05, 4.69) is 18.3 Å². The first kappa shape index (κ1) is 25.2. The number of hydrogen-bond donors (Lipinski definition) is 1. The number of ether oxygens (including phenoxy) is 1. The summed E-state index contributed by atoms with van der Waals surface area (Å²) in [6, 6.07) is -0.396. The standard InChI is InChI=1S/C21H40NO5P/c1-4-5-6-7-8-9-10-11-12-13-14-15-16-17-20-19(22-21(23)27-20)18-28(24,25-2)26-3/h16-17,19-20H,4-15,18H2,1-3H3,(H,22,23)/b17-16+/t19-,20-/m0/s1. The molecule has 0 unspecified atom stereocenters. The zero-order valence-corrected chi connectivity index (χ0v) is 18.9. The molecule has 0 bridgehead atoms. The van der Waals surface area contributed by atoms with Crippen molar-refractivity contribution in [1.29, 1.82) is 0 Å². The van der Waals surface area contributed by atoms with Crippen LogP contribution in [0.4, 0.5) is 4.79 Å². The first-order valence-corrected chi connectivity index (χ1v) is 12.6. The molecule has 1 aliphatic heterocycles.